The normalized spacial score (nSPS) is 40.5. The van der Waals surface area contributed by atoms with Crippen LogP contribution in [0.25, 0.3) is 0 Å². The molecule has 2 aliphatic carbocycles. The lowest BCUT2D eigenvalue weighted by molar-refractivity contribution is -0.133. The SMILES string of the molecule is CSC1CCCC1NC(=O)C1CCC(N)C(C)C1(C)C. The van der Waals surface area contributed by atoms with Gasteiger partial charge >= 0.3 is 0 Å². The quantitative estimate of drug-likeness (QED) is 0.842. The molecule has 5 atom stereocenters. The van der Waals surface area contributed by atoms with E-state index in [1.807, 2.05) is 11.8 Å². The van der Waals surface area contributed by atoms with Crippen LogP contribution in [-0.4, -0.2) is 29.5 Å². The van der Waals surface area contributed by atoms with E-state index in [-0.39, 0.29) is 23.3 Å². The Kier molecular flexibility index (Phi) is 5.06. The van der Waals surface area contributed by atoms with Crippen LogP contribution in [0.3, 0.4) is 0 Å². The van der Waals surface area contributed by atoms with Crippen LogP contribution in [-0.2, 0) is 4.79 Å². The molecule has 0 aliphatic heterocycles. The highest BCUT2D eigenvalue weighted by Gasteiger charge is 2.45. The van der Waals surface area contributed by atoms with E-state index in [2.05, 4.69) is 32.3 Å². The van der Waals surface area contributed by atoms with Gasteiger partial charge in [-0.2, -0.15) is 11.8 Å². The first-order chi connectivity index (χ1) is 9.37. The molecule has 3 nitrogen and oxygen atoms in total. The Bertz CT molecular complexity index is 358. The van der Waals surface area contributed by atoms with Gasteiger partial charge in [-0.3, -0.25) is 4.79 Å². The van der Waals surface area contributed by atoms with E-state index in [0.29, 0.717) is 17.2 Å². The molecule has 1 amide bonds. The molecule has 0 aromatic rings. The summed E-state index contributed by atoms with van der Waals surface area (Å²) in [5.74, 6) is 0.770. The molecule has 5 unspecified atom stereocenters. The third-order valence-corrected chi connectivity index (χ3v) is 7.07. The fourth-order valence-electron chi connectivity index (χ4n) is 3.98. The lowest BCUT2D eigenvalue weighted by atomic mass is 9.61. The number of carbonyl (C=O) groups excluding carboxylic acids is 1. The van der Waals surface area contributed by atoms with Gasteiger partial charge in [-0.15, -0.1) is 0 Å². The van der Waals surface area contributed by atoms with Gasteiger partial charge in [0.2, 0.25) is 5.91 Å². The molecule has 0 saturated heterocycles. The van der Waals surface area contributed by atoms with Crippen molar-refractivity contribution in [1.82, 2.24) is 5.32 Å². The summed E-state index contributed by atoms with van der Waals surface area (Å²) in [5, 5.41) is 3.94. The van der Waals surface area contributed by atoms with Gasteiger partial charge in [-0.05, 0) is 43.3 Å². The molecule has 0 spiro atoms. The van der Waals surface area contributed by atoms with E-state index in [1.54, 1.807) is 0 Å². The van der Waals surface area contributed by atoms with E-state index in [0.717, 1.165) is 19.3 Å². The van der Waals surface area contributed by atoms with E-state index < -0.39 is 0 Å². The Labute approximate surface area is 127 Å². The fourth-order valence-corrected chi connectivity index (χ4v) is 4.91. The van der Waals surface area contributed by atoms with Crippen LogP contribution in [0, 0.1) is 17.3 Å². The highest BCUT2D eigenvalue weighted by Crippen LogP contribution is 2.44. The first-order valence-corrected chi connectivity index (χ1v) is 9.25. The summed E-state index contributed by atoms with van der Waals surface area (Å²) in [4.78, 5) is 12.7. The van der Waals surface area contributed by atoms with Gasteiger partial charge in [0, 0.05) is 23.3 Å². The zero-order valence-electron chi connectivity index (χ0n) is 13.3. The zero-order valence-corrected chi connectivity index (χ0v) is 14.1. The number of hydrogen-bond acceptors (Lipinski definition) is 3. The van der Waals surface area contributed by atoms with E-state index in [1.165, 1.54) is 12.8 Å². The van der Waals surface area contributed by atoms with Crippen LogP contribution >= 0.6 is 11.8 Å². The number of thioether (sulfide) groups is 1. The summed E-state index contributed by atoms with van der Waals surface area (Å²) in [5.41, 5.74) is 6.18. The Balaban J connectivity index is 2.01. The van der Waals surface area contributed by atoms with E-state index >= 15 is 0 Å². The molecule has 0 aromatic carbocycles. The Morgan fingerprint density at radius 3 is 2.60 bits per heavy atom. The lowest BCUT2D eigenvalue weighted by Gasteiger charge is -2.46. The van der Waals surface area contributed by atoms with Crippen molar-refractivity contribution in [2.45, 2.75) is 70.2 Å². The van der Waals surface area contributed by atoms with Gasteiger partial charge in [0.15, 0.2) is 0 Å². The first kappa shape index (κ1) is 16.2. The summed E-state index contributed by atoms with van der Waals surface area (Å²) < 4.78 is 0. The third kappa shape index (κ3) is 3.01. The molecular formula is C16H30N2OS. The molecule has 116 valence electrons. The molecule has 2 fully saturated rings. The highest BCUT2D eigenvalue weighted by molar-refractivity contribution is 7.99. The minimum Gasteiger partial charge on any atom is -0.352 e. The van der Waals surface area contributed by atoms with E-state index in [9.17, 15) is 4.79 Å². The Morgan fingerprint density at radius 2 is 1.95 bits per heavy atom. The second-order valence-corrected chi connectivity index (χ2v) is 8.30. The van der Waals surface area contributed by atoms with Gasteiger partial charge in [0.05, 0.1) is 0 Å². The number of amides is 1. The molecule has 2 rings (SSSR count). The summed E-state index contributed by atoms with van der Waals surface area (Å²) >= 11 is 1.90. The van der Waals surface area contributed by atoms with Crippen molar-refractivity contribution < 1.29 is 4.79 Å². The smallest absolute Gasteiger partial charge is 0.223 e. The molecule has 3 N–H and O–H groups in total. The third-order valence-electron chi connectivity index (χ3n) is 5.90. The second kappa shape index (κ2) is 6.27. The number of rotatable bonds is 3. The second-order valence-electron chi connectivity index (χ2n) is 7.22. The van der Waals surface area contributed by atoms with Gasteiger partial charge in [-0.25, -0.2) is 0 Å². The van der Waals surface area contributed by atoms with Crippen LogP contribution in [0.2, 0.25) is 0 Å². The summed E-state index contributed by atoms with van der Waals surface area (Å²) in [7, 11) is 0. The zero-order chi connectivity index (χ0) is 14.9. The molecule has 2 saturated carbocycles. The summed E-state index contributed by atoms with van der Waals surface area (Å²) in [6, 6.07) is 0.610. The van der Waals surface area contributed by atoms with Crippen molar-refractivity contribution in [3.05, 3.63) is 0 Å². The average molecular weight is 298 g/mol. The molecule has 0 aromatic heterocycles. The minimum atomic E-state index is -0.00475. The monoisotopic (exact) mass is 298 g/mol. The first-order valence-electron chi connectivity index (χ1n) is 7.96. The van der Waals surface area contributed by atoms with Crippen LogP contribution in [0.1, 0.15) is 52.9 Å². The van der Waals surface area contributed by atoms with Crippen LogP contribution < -0.4 is 11.1 Å². The largest absolute Gasteiger partial charge is 0.352 e. The van der Waals surface area contributed by atoms with Crippen molar-refractivity contribution in [3.8, 4) is 0 Å². The molecule has 0 radical (unpaired) electrons. The Morgan fingerprint density at radius 1 is 1.25 bits per heavy atom. The number of nitrogens with two attached hydrogens (primary N) is 1. The van der Waals surface area contributed by atoms with Crippen molar-refractivity contribution in [2.24, 2.45) is 23.0 Å². The molecule has 0 heterocycles. The maximum atomic E-state index is 12.7. The van der Waals surface area contributed by atoms with Crippen LogP contribution in [0.15, 0.2) is 0 Å². The van der Waals surface area contributed by atoms with Crippen LogP contribution in [0.4, 0.5) is 0 Å². The van der Waals surface area contributed by atoms with Gasteiger partial charge in [-0.1, -0.05) is 27.2 Å². The highest BCUT2D eigenvalue weighted by atomic mass is 32.2. The Hall–Kier alpha value is -0.220. The van der Waals surface area contributed by atoms with Gasteiger partial charge in [0.25, 0.3) is 0 Å². The molecular weight excluding hydrogens is 268 g/mol. The van der Waals surface area contributed by atoms with Gasteiger partial charge in [0.1, 0.15) is 0 Å². The lowest BCUT2D eigenvalue weighted by Crippen LogP contribution is -2.53. The topological polar surface area (TPSA) is 55.1 Å². The molecule has 4 heteroatoms. The van der Waals surface area contributed by atoms with Crippen molar-refractivity contribution in [3.63, 3.8) is 0 Å². The average Bonchev–Trinajstić information content (AvgIpc) is 2.83. The predicted octanol–water partition coefficient (Wildman–Crippen LogP) is 2.79. The molecule has 2 aliphatic rings. The fraction of sp³-hybridized carbons (Fsp3) is 0.938. The number of carbonyl (C=O) groups is 1. The van der Waals surface area contributed by atoms with Gasteiger partial charge < -0.3 is 11.1 Å². The van der Waals surface area contributed by atoms with Crippen molar-refractivity contribution >= 4 is 17.7 Å². The minimum absolute atomic E-state index is 0.00475. The number of nitrogens with one attached hydrogen (secondary N) is 1. The van der Waals surface area contributed by atoms with Crippen LogP contribution in [0.5, 0.6) is 0 Å². The molecule has 0 bridgehead atoms. The van der Waals surface area contributed by atoms with Crippen molar-refractivity contribution in [2.75, 3.05) is 6.26 Å². The summed E-state index contributed by atoms with van der Waals surface area (Å²) in [6.07, 6.45) is 7.67. The van der Waals surface area contributed by atoms with E-state index in [4.69, 9.17) is 5.73 Å². The summed E-state index contributed by atoms with van der Waals surface area (Å²) in [6.45, 7) is 6.62. The standard InChI is InChI=1S/C16H30N2OS/c1-10-12(17)9-8-11(16(10,2)3)15(19)18-13-6-5-7-14(13)20-4/h10-14H,5-9,17H2,1-4H3,(H,18,19). The maximum Gasteiger partial charge on any atom is 0.223 e. The van der Waals surface area contributed by atoms with Crippen molar-refractivity contribution in [1.29, 1.82) is 0 Å². The predicted molar refractivity (Wildman–Crippen MR) is 86.7 cm³/mol. The molecule has 20 heavy (non-hydrogen) atoms. The maximum absolute atomic E-state index is 12.7. The number of hydrogen-bond donors (Lipinski definition) is 2.